The van der Waals surface area contributed by atoms with E-state index >= 15 is 0 Å². The number of benzene rings is 1. The first-order valence-electron chi connectivity index (χ1n) is 4.16. The third kappa shape index (κ3) is 4.04. The Bertz CT molecular complexity index is 362. The zero-order chi connectivity index (χ0) is 10.6. The van der Waals surface area contributed by atoms with Crippen LogP contribution >= 0.6 is 0 Å². The van der Waals surface area contributed by atoms with Crippen LogP contribution in [0.1, 0.15) is 27.6 Å². The molecule has 0 heterocycles. The first-order valence-corrected chi connectivity index (χ1v) is 4.16. The molecule has 0 amide bonds. The average molecular weight is 233 g/mol. The minimum Gasteiger partial charge on any atom is -0.478 e. The number of hydrogen-bond donors (Lipinski definition) is 1. The van der Waals surface area contributed by atoms with Crippen LogP contribution in [0.3, 0.4) is 0 Å². The van der Waals surface area contributed by atoms with E-state index in [9.17, 15) is 9.59 Å². The summed E-state index contributed by atoms with van der Waals surface area (Å²) in [6.07, 6.45) is 0. The molecule has 0 saturated carbocycles. The second kappa shape index (κ2) is 7.13. The molecule has 15 heavy (non-hydrogen) atoms. The smallest absolute Gasteiger partial charge is 0.338 e. The molecule has 0 saturated heterocycles. The van der Waals surface area contributed by atoms with Gasteiger partial charge in [0, 0.05) is 51.4 Å². The number of hydrogen-bond acceptors (Lipinski definition) is 3. The second-order valence-electron chi connectivity index (χ2n) is 2.57. The van der Waals surface area contributed by atoms with Crippen LogP contribution in [0.2, 0.25) is 0 Å². The van der Waals surface area contributed by atoms with Crippen molar-refractivity contribution < 1.29 is 19.4 Å². The van der Waals surface area contributed by atoms with E-state index in [1.165, 1.54) is 12.1 Å². The summed E-state index contributed by atoms with van der Waals surface area (Å²) < 4.78 is 4.72. The molecule has 1 aromatic carbocycles. The van der Waals surface area contributed by atoms with Crippen molar-refractivity contribution in [2.24, 2.45) is 0 Å². The molecule has 0 bridgehead atoms. The van der Waals surface area contributed by atoms with E-state index < -0.39 is 11.9 Å². The van der Waals surface area contributed by atoms with Gasteiger partial charge in [-0.2, -0.15) is 0 Å². The molecule has 0 aliphatic rings. The van der Waals surface area contributed by atoms with Gasteiger partial charge in [-0.05, 0) is 19.1 Å². The number of carbonyl (C=O) groups is 2. The van der Waals surface area contributed by atoms with Crippen molar-refractivity contribution in [1.82, 2.24) is 0 Å². The van der Waals surface area contributed by atoms with Crippen LogP contribution in [0.5, 0.6) is 0 Å². The normalized spacial score (nSPS) is 8.87. The summed E-state index contributed by atoms with van der Waals surface area (Å²) in [5.74, 6) is -1.74. The SMILES string of the molecule is CCOC(=O)c1ccccc1C(=O)O.[K]. The fourth-order valence-corrected chi connectivity index (χ4v) is 1.06. The van der Waals surface area contributed by atoms with Gasteiger partial charge in [0.25, 0.3) is 0 Å². The number of carbonyl (C=O) groups excluding carboxylic acids is 1. The summed E-state index contributed by atoms with van der Waals surface area (Å²) in [6.45, 7) is 1.90. The molecule has 0 spiro atoms. The van der Waals surface area contributed by atoms with E-state index in [1.807, 2.05) is 0 Å². The Labute approximate surface area is 130 Å². The van der Waals surface area contributed by atoms with Gasteiger partial charge in [-0.15, -0.1) is 0 Å². The second-order valence-corrected chi connectivity index (χ2v) is 2.57. The van der Waals surface area contributed by atoms with Gasteiger partial charge in [-0.1, -0.05) is 12.1 Å². The third-order valence-electron chi connectivity index (χ3n) is 1.65. The molecule has 0 atom stereocenters. The Balaban J connectivity index is 0.00000196. The molecule has 4 nitrogen and oxygen atoms in total. The van der Waals surface area contributed by atoms with Gasteiger partial charge in [0.2, 0.25) is 0 Å². The Hall–Kier alpha value is -0.204. The Morgan fingerprint density at radius 2 is 1.80 bits per heavy atom. The van der Waals surface area contributed by atoms with E-state index in [0.29, 0.717) is 0 Å². The molecular formula is C10H10KO4. The maximum absolute atomic E-state index is 11.3. The molecule has 1 radical (unpaired) electrons. The number of esters is 1. The first kappa shape index (κ1) is 14.8. The van der Waals surface area contributed by atoms with E-state index in [4.69, 9.17) is 9.84 Å². The molecule has 1 N–H and O–H groups in total. The molecule has 1 aromatic rings. The van der Waals surface area contributed by atoms with Gasteiger partial charge < -0.3 is 9.84 Å². The van der Waals surface area contributed by atoms with Gasteiger partial charge in [-0.25, -0.2) is 9.59 Å². The number of rotatable bonds is 3. The maximum atomic E-state index is 11.3. The molecule has 75 valence electrons. The maximum Gasteiger partial charge on any atom is 0.338 e. The van der Waals surface area contributed by atoms with Crippen molar-refractivity contribution in [1.29, 1.82) is 0 Å². The van der Waals surface area contributed by atoms with Crippen molar-refractivity contribution in [2.45, 2.75) is 6.92 Å². The van der Waals surface area contributed by atoms with E-state index in [1.54, 1.807) is 19.1 Å². The average Bonchev–Trinajstić information content (AvgIpc) is 2.18. The standard InChI is InChI=1S/C10H10O4.K/c1-2-14-10(13)8-6-4-3-5-7(8)9(11)12;/h3-6H,2H2,1H3,(H,11,12);. The molecular weight excluding hydrogens is 223 g/mol. The van der Waals surface area contributed by atoms with Crippen molar-refractivity contribution in [3.05, 3.63) is 35.4 Å². The van der Waals surface area contributed by atoms with Gasteiger partial charge in [0.05, 0.1) is 17.7 Å². The minimum atomic E-state index is -1.13. The molecule has 0 unspecified atom stereocenters. The van der Waals surface area contributed by atoms with Crippen molar-refractivity contribution in [3.8, 4) is 0 Å². The number of carboxylic acids is 1. The summed E-state index contributed by atoms with van der Waals surface area (Å²) in [7, 11) is 0. The summed E-state index contributed by atoms with van der Waals surface area (Å²) in [4.78, 5) is 22.0. The van der Waals surface area contributed by atoms with Crippen molar-refractivity contribution >= 4 is 63.3 Å². The predicted molar refractivity (Wildman–Crippen MR) is 55.1 cm³/mol. The number of aromatic carboxylic acids is 1. The van der Waals surface area contributed by atoms with Gasteiger partial charge in [0.1, 0.15) is 0 Å². The molecule has 5 heteroatoms. The Morgan fingerprint density at radius 1 is 1.27 bits per heavy atom. The van der Waals surface area contributed by atoms with Gasteiger partial charge in [0.15, 0.2) is 0 Å². The zero-order valence-electron chi connectivity index (χ0n) is 8.69. The minimum absolute atomic E-state index is 0. The summed E-state index contributed by atoms with van der Waals surface area (Å²) in [6, 6.07) is 5.96. The molecule has 1 rings (SSSR count). The van der Waals surface area contributed by atoms with Crippen LogP contribution in [-0.4, -0.2) is 75.0 Å². The quantitative estimate of drug-likeness (QED) is 0.629. The van der Waals surface area contributed by atoms with Gasteiger partial charge in [-0.3, -0.25) is 0 Å². The van der Waals surface area contributed by atoms with Crippen LogP contribution in [0, 0.1) is 0 Å². The zero-order valence-corrected chi connectivity index (χ0v) is 11.8. The van der Waals surface area contributed by atoms with Crippen LogP contribution in [0.15, 0.2) is 24.3 Å². The largest absolute Gasteiger partial charge is 0.478 e. The van der Waals surface area contributed by atoms with E-state index in [-0.39, 0.29) is 69.1 Å². The fraction of sp³-hybridized carbons (Fsp3) is 0.200. The van der Waals surface area contributed by atoms with Crippen LogP contribution < -0.4 is 0 Å². The molecule has 0 fully saturated rings. The summed E-state index contributed by atoms with van der Waals surface area (Å²) in [5, 5.41) is 8.77. The Kier molecular flexibility index (Phi) is 7.04. The van der Waals surface area contributed by atoms with Crippen molar-refractivity contribution in [3.63, 3.8) is 0 Å². The third-order valence-corrected chi connectivity index (χ3v) is 1.65. The molecule has 0 aliphatic carbocycles. The topological polar surface area (TPSA) is 63.6 Å². The predicted octanol–water partition coefficient (Wildman–Crippen LogP) is 1.18. The number of ether oxygens (including phenoxy) is 1. The summed E-state index contributed by atoms with van der Waals surface area (Å²) >= 11 is 0. The fourth-order valence-electron chi connectivity index (χ4n) is 1.06. The van der Waals surface area contributed by atoms with E-state index in [2.05, 4.69) is 0 Å². The van der Waals surface area contributed by atoms with Crippen LogP contribution in [0.4, 0.5) is 0 Å². The van der Waals surface area contributed by atoms with Gasteiger partial charge >= 0.3 is 11.9 Å². The van der Waals surface area contributed by atoms with E-state index in [0.717, 1.165) is 0 Å². The molecule has 0 aliphatic heterocycles. The van der Waals surface area contributed by atoms with Crippen LogP contribution in [-0.2, 0) is 4.74 Å². The first-order chi connectivity index (χ1) is 6.66. The Morgan fingerprint density at radius 3 is 2.27 bits per heavy atom. The molecule has 0 aromatic heterocycles. The number of carboxylic acid groups (broad SMARTS) is 1. The monoisotopic (exact) mass is 233 g/mol. The van der Waals surface area contributed by atoms with Crippen LogP contribution in [0.25, 0.3) is 0 Å². The summed E-state index contributed by atoms with van der Waals surface area (Å²) in [5.41, 5.74) is 0.0489. The van der Waals surface area contributed by atoms with Crippen molar-refractivity contribution in [2.75, 3.05) is 6.61 Å².